The maximum atomic E-state index is 11.3. The van der Waals surface area contributed by atoms with Gasteiger partial charge in [0.25, 0.3) is 0 Å². The first-order valence-corrected chi connectivity index (χ1v) is 7.64. The summed E-state index contributed by atoms with van der Waals surface area (Å²) in [6.45, 7) is 2.22. The predicted octanol–water partition coefficient (Wildman–Crippen LogP) is 5.17. The monoisotopic (exact) mass is 282 g/mol. The fourth-order valence-corrected chi connectivity index (χ4v) is 2.53. The minimum atomic E-state index is -0.880. The molecule has 0 atom stereocenters. The Kier molecular flexibility index (Phi) is 5.56. The lowest BCUT2D eigenvalue weighted by Gasteiger charge is -2.07. The summed E-state index contributed by atoms with van der Waals surface area (Å²) in [7, 11) is 0. The predicted molar refractivity (Wildman–Crippen MR) is 86.7 cm³/mol. The van der Waals surface area contributed by atoms with E-state index >= 15 is 0 Å². The van der Waals surface area contributed by atoms with Gasteiger partial charge in [-0.25, -0.2) is 4.79 Å². The second-order valence-corrected chi connectivity index (χ2v) is 5.36. The molecule has 0 aromatic heterocycles. The Morgan fingerprint density at radius 1 is 0.952 bits per heavy atom. The molecule has 0 aliphatic heterocycles. The summed E-state index contributed by atoms with van der Waals surface area (Å²) < 4.78 is 0. The number of carbonyl (C=O) groups is 1. The van der Waals surface area contributed by atoms with E-state index in [1.807, 2.05) is 24.3 Å². The first kappa shape index (κ1) is 15.3. The van der Waals surface area contributed by atoms with E-state index in [1.165, 1.54) is 31.2 Å². The highest BCUT2D eigenvalue weighted by atomic mass is 16.4. The number of hydrogen-bond donors (Lipinski definition) is 1. The molecule has 0 unspecified atom stereocenters. The average Bonchev–Trinajstić information content (AvgIpc) is 2.52. The molecule has 2 heteroatoms. The molecular formula is C19H22O2. The van der Waals surface area contributed by atoms with Crippen LogP contribution in [0.25, 0.3) is 11.1 Å². The van der Waals surface area contributed by atoms with Crippen LogP contribution >= 0.6 is 0 Å². The number of rotatable bonds is 7. The van der Waals surface area contributed by atoms with E-state index in [9.17, 15) is 9.90 Å². The molecule has 2 nitrogen and oxygen atoms in total. The van der Waals surface area contributed by atoms with Crippen molar-refractivity contribution in [2.24, 2.45) is 0 Å². The van der Waals surface area contributed by atoms with E-state index in [4.69, 9.17) is 0 Å². The van der Waals surface area contributed by atoms with Crippen molar-refractivity contribution in [1.82, 2.24) is 0 Å². The summed E-state index contributed by atoms with van der Waals surface area (Å²) in [4.78, 5) is 11.3. The van der Waals surface area contributed by atoms with E-state index in [-0.39, 0.29) is 0 Å². The normalized spacial score (nSPS) is 10.5. The molecule has 1 N–H and O–H groups in total. The molecule has 0 aliphatic carbocycles. The van der Waals surface area contributed by atoms with E-state index in [1.54, 1.807) is 12.1 Å². The van der Waals surface area contributed by atoms with Crippen LogP contribution in [0.2, 0.25) is 0 Å². The largest absolute Gasteiger partial charge is 0.478 e. The lowest BCUT2D eigenvalue weighted by Crippen LogP contribution is -1.99. The quantitative estimate of drug-likeness (QED) is 0.711. The van der Waals surface area contributed by atoms with Crippen LogP contribution in [-0.2, 0) is 6.42 Å². The Labute approximate surface area is 126 Å². The van der Waals surface area contributed by atoms with E-state index in [0.717, 1.165) is 17.5 Å². The van der Waals surface area contributed by atoms with Crippen molar-refractivity contribution in [3.63, 3.8) is 0 Å². The van der Waals surface area contributed by atoms with Crippen molar-refractivity contribution in [2.45, 2.75) is 39.0 Å². The Morgan fingerprint density at radius 2 is 1.67 bits per heavy atom. The van der Waals surface area contributed by atoms with Gasteiger partial charge < -0.3 is 5.11 Å². The number of hydrogen-bond acceptors (Lipinski definition) is 1. The van der Waals surface area contributed by atoms with Crippen LogP contribution in [0.3, 0.4) is 0 Å². The van der Waals surface area contributed by atoms with Gasteiger partial charge in [0.1, 0.15) is 0 Å². The van der Waals surface area contributed by atoms with Gasteiger partial charge in [-0.05, 0) is 35.6 Å². The Hall–Kier alpha value is -2.09. The molecule has 0 heterocycles. The van der Waals surface area contributed by atoms with E-state index in [0.29, 0.717) is 5.56 Å². The van der Waals surface area contributed by atoms with E-state index < -0.39 is 5.97 Å². The summed E-state index contributed by atoms with van der Waals surface area (Å²) in [6.07, 6.45) is 6.15. The van der Waals surface area contributed by atoms with Gasteiger partial charge in [0, 0.05) is 0 Å². The number of benzene rings is 2. The maximum Gasteiger partial charge on any atom is 0.336 e. The minimum Gasteiger partial charge on any atom is -0.478 e. The molecule has 0 radical (unpaired) electrons. The van der Waals surface area contributed by atoms with Crippen LogP contribution in [0.4, 0.5) is 0 Å². The zero-order valence-corrected chi connectivity index (χ0v) is 12.5. The minimum absolute atomic E-state index is 0.355. The zero-order chi connectivity index (χ0) is 15.1. The highest BCUT2D eigenvalue weighted by Crippen LogP contribution is 2.24. The third-order valence-electron chi connectivity index (χ3n) is 3.74. The molecule has 21 heavy (non-hydrogen) atoms. The SMILES string of the molecule is CCCCCCc1ccc(-c2ccccc2C(=O)O)cc1. The van der Waals surface area contributed by atoms with Gasteiger partial charge in [-0.3, -0.25) is 0 Å². The van der Waals surface area contributed by atoms with Crippen LogP contribution in [0.15, 0.2) is 48.5 Å². The van der Waals surface area contributed by atoms with Gasteiger partial charge >= 0.3 is 5.97 Å². The van der Waals surface area contributed by atoms with Gasteiger partial charge in [0.15, 0.2) is 0 Å². The fraction of sp³-hybridized carbons (Fsp3) is 0.316. The van der Waals surface area contributed by atoms with Crippen LogP contribution in [0.5, 0.6) is 0 Å². The average molecular weight is 282 g/mol. The molecule has 2 aromatic carbocycles. The van der Waals surface area contributed by atoms with Gasteiger partial charge in [-0.1, -0.05) is 68.7 Å². The van der Waals surface area contributed by atoms with Crippen LogP contribution < -0.4 is 0 Å². The van der Waals surface area contributed by atoms with Gasteiger partial charge in [0.2, 0.25) is 0 Å². The summed E-state index contributed by atoms with van der Waals surface area (Å²) >= 11 is 0. The molecule has 0 spiro atoms. The number of aromatic carboxylic acids is 1. The fourth-order valence-electron chi connectivity index (χ4n) is 2.53. The third kappa shape index (κ3) is 4.19. The highest BCUT2D eigenvalue weighted by Gasteiger charge is 2.10. The maximum absolute atomic E-state index is 11.3. The summed E-state index contributed by atoms with van der Waals surface area (Å²) in [6, 6.07) is 15.4. The molecular weight excluding hydrogens is 260 g/mol. The summed E-state index contributed by atoms with van der Waals surface area (Å²) in [5.41, 5.74) is 3.42. The van der Waals surface area contributed by atoms with Gasteiger partial charge in [-0.2, -0.15) is 0 Å². The van der Waals surface area contributed by atoms with Crippen molar-refractivity contribution in [2.75, 3.05) is 0 Å². The second-order valence-electron chi connectivity index (χ2n) is 5.36. The molecule has 2 rings (SSSR count). The molecule has 110 valence electrons. The number of carboxylic acid groups (broad SMARTS) is 1. The van der Waals surface area contributed by atoms with Crippen LogP contribution in [0.1, 0.15) is 48.5 Å². The molecule has 0 bridgehead atoms. The Bertz CT molecular complexity index is 585. The van der Waals surface area contributed by atoms with Crippen molar-refractivity contribution in [1.29, 1.82) is 0 Å². The first-order chi connectivity index (χ1) is 10.2. The second kappa shape index (κ2) is 7.63. The van der Waals surface area contributed by atoms with Crippen molar-refractivity contribution < 1.29 is 9.90 Å². The first-order valence-electron chi connectivity index (χ1n) is 7.64. The van der Waals surface area contributed by atoms with Crippen molar-refractivity contribution >= 4 is 5.97 Å². The summed E-state index contributed by atoms with van der Waals surface area (Å²) in [5, 5.41) is 9.25. The van der Waals surface area contributed by atoms with E-state index in [2.05, 4.69) is 19.1 Å². The highest BCUT2D eigenvalue weighted by molar-refractivity contribution is 5.95. The number of carboxylic acids is 1. The Balaban J connectivity index is 2.10. The van der Waals surface area contributed by atoms with Gasteiger partial charge in [0.05, 0.1) is 5.56 Å². The third-order valence-corrected chi connectivity index (χ3v) is 3.74. The molecule has 0 amide bonds. The molecule has 0 saturated carbocycles. The molecule has 0 saturated heterocycles. The standard InChI is InChI=1S/C19H22O2/c1-2-3-4-5-8-15-11-13-16(14-12-15)17-9-6-7-10-18(17)19(20)21/h6-7,9-14H,2-5,8H2,1H3,(H,20,21). The smallest absolute Gasteiger partial charge is 0.336 e. The lowest BCUT2D eigenvalue weighted by atomic mass is 9.97. The zero-order valence-electron chi connectivity index (χ0n) is 12.5. The van der Waals surface area contributed by atoms with Crippen molar-refractivity contribution in [3.8, 4) is 11.1 Å². The van der Waals surface area contributed by atoms with Crippen molar-refractivity contribution in [3.05, 3.63) is 59.7 Å². The molecule has 0 aliphatic rings. The van der Waals surface area contributed by atoms with Gasteiger partial charge in [-0.15, -0.1) is 0 Å². The number of aryl methyl sites for hydroxylation is 1. The number of unbranched alkanes of at least 4 members (excludes halogenated alkanes) is 3. The van der Waals surface area contributed by atoms with Crippen LogP contribution in [-0.4, -0.2) is 11.1 Å². The van der Waals surface area contributed by atoms with Crippen LogP contribution in [0, 0.1) is 0 Å². The Morgan fingerprint density at radius 3 is 2.33 bits per heavy atom. The topological polar surface area (TPSA) is 37.3 Å². The summed E-state index contributed by atoms with van der Waals surface area (Å²) in [5.74, 6) is -0.880. The lowest BCUT2D eigenvalue weighted by molar-refractivity contribution is 0.0697. The molecule has 0 fully saturated rings. The molecule has 2 aromatic rings.